The summed E-state index contributed by atoms with van der Waals surface area (Å²) in [7, 11) is 0. The largest absolute Gasteiger partial charge is 0.508 e. The first-order valence-electron chi connectivity index (χ1n) is 5.17. The van der Waals surface area contributed by atoms with Crippen LogP contribution in [0.15, 0.2) is 24.8 Å². The lowest BCUT2D eigenvalue weighted by Gasteiger charge is -2.33. The molecule has 0 amide bonds. The molecule has 0 spiro atoms. The van der Waals surface area contributed by atoms with Gasteiger partial charge in [-0.1, -0.05) is 24.3 Å². The summed E-state index contributed by atoms with van der Waals surface area (Å²) in [5.41, 5.74) is -6.34. The van der Waals surface area contributed by atoms with Gasteiger partial charge in [0, 0.05) is 5.56 Å². The maximum absolute atomic E-state index is 12.6. The van der Waals surface area contributed by atoms with Crippen molar-refractivity contribution in [2.75, 3.05) is 0 Å². The van der Waals surface area contributed by atoms with Crippen LogP contribution in [0.1, 0.15) is 18.1 Å². The normalized spacial score (nSPS) is 13.4. The zero-order chi connectivity index (χ0) is 15.9. The molecule has 20 heavy (non-hydrogen) atoms. The molecule has 0 saturated carbocycles. The summed E-state index contributed by atoms with van der Waals surface area (Å²) >= 11 is 0. The van der Waals surface area contributed by atoms with Crippen LogP contribution in [-0.2, 0) is 5.60 Å². The van der Waals surface area contributed by atoms with E-state index in [1.165, 1.54) is 6.92 Å². The summed E-state index contributed by atoms with van der Waals surface area (Å²) < 4.78 is 75.8. The Bertz CT molecular complexity index is 516. The first-order valence-corrected chi connectivity index (χ1v) is 5.17. The smallest absolute Gasteiger partial charge is 0.430 e. The van der Waals surface area contributed by atoms with E-state index in [4.69, 9.17) is 5.11 Å². The van der Waals surface area contributed by atoms with Gasteiger partial charge in [-0.15, -0.1) is 0 Å². The number of hydrogen-bond donors (Lipinski definition) is 2. The fourth-order valence-corrected chi connectivity index (χ4v) is 1.57. The van der Waals surface area contributed by atoms with Crippen molar-refractivity contribution < 1.29 is 36.6 Å². The molecular formula is C12H10F6O2. The van der Waals surface area contributed by atoms with Crippen molar-refractivity contribution in [3.8, 4) is 5.75 Å². The second-order valence-electron chi connectivity index (χ2n) is 4.22. The molecule has 0 radical (unpaired) electrons. The maximum atomic E-state index is 12.6. The average Bonchev–Trinajstić information content (AvgIpc) is 2.24. The van der Waals surface area contributed by atoms with E-state index in [0.29, 0.717) is 17.7 Å². The van der Waals surface area contributed by atoms with Crippen molar-refractivity contribution in [1.29, 1.82) is 0 Å². The van der Waals surface area contributed by atoms with Crippen LogP contribution in [0.25, 0.3) is 5.57 Å². The monoisotopic (exact) mass is 300 g/mol. The summed E-state index contributed by atoms with van der Waals surface area (Å²) in [4.78, 5) is 0. The first-order chi connectivity index (χ1) is 8.82. The Morgan fingerprint density at radius 2 is 1.50 bits per heavy atom. The van der Waals surface area contributed by atoms with Crippen molar-refractivity contribution >= 4 is 5.57 Å². The number of phenolic OH excluding ortho intramolecular Hbond substituents is 1. The highest BCUT2D eigenvalue weighted by atomic mass is 19.4. The second kappa shape index (κ2) is 4.69. The quantitative estimate of drug-likeness (QED) is 0.817. The molecule has 112 valence electrons. The van der Waals surface area contributed by atoms with Crippen LogP contribution in [0.5, 0.6) is 5.75 Å². The van der Waals surface area contributed by atoms with E-state index in [9.17, 15) is 31.4 Å². The van der Waals surface area contributed by atoms with Gasteiger partial charge in [0.05, 0.1) is 0 Å². The number of benzene rings is 1. The summed E-state index contributed by atoms with van der Waals surface area (Å²) in [6.07, 6.45) is -12.1. The van der Waals surface area contributed by atoms with Gasteiger partial charge >= 0.3 is 12.4 Å². The van der Waals surface area contributed by atoms with Gasteiger partial charge in [0.1, 0.15) is 5.75 Å². The molecule has 0 unspecified atom stereocenters. The highest BCUT2D eigenvalue weighted by Crippen LogP contribution is 2.52. The predicted molar refractivity (Wildman–Crippen MR) is 58.8 cm³/mol. The highest BCUT2D eigenvalue weighted by Gasteiger charge is 2.72. The van der Waals surface area contributed by atoms with E-state index in [2.05, 4.69) is 6.58 Å². The van der Waals surface area contributed by atoms with Crippen LogP contribution in [0.4, 0.5) is 26.3 Å². The molecule has 1 aromatic rings. The fraction of sp³-hybridized carbons (Fsp3) is 0.333. The van der Waals surface area contributed by atoms with Crippen LogP contribution in [0, 0.1) is 0 Å². The minimum absolute atomic E-state index is 0.151. The third kappa shape index (κ3) is 2.47. The molecular weight excluding hydrogens is 290 g/mol. The number of aliphatic hydroxyl groups is 1. The van der Waals surface area contributed by atoms with E-state index in [1.807, 2.05) is 0 Å². The number of hydrogen-bond acceptors (Lipinski definition) is 2. The van der Waals surface area contributed by atoms with Crippen LogP contribution in [0.3, 0.4) is 0 Å². The molecule has 0 fully saturated rings. The van der Waals surface area contributed by atoms with Gasteiger partial charge < -0.3 is 10.2 Å². The molecule has 0 bridgehead atoms. The summed E-state index contributed by atoms with van der Waals surface area (Å²) in [5, 5.41) is 18.5. The zero-order valence-electron chi connectivity index (χ0n) is 10.1. The van der Waals surface area contributed by atoms with Gasteiger partial charge in [0.2, 0.25) is 0 Å². The third-order valence-electron chi connectivity index (χ3n) is 2.70. The van der Waals surface area contributed by atoms with Crippen molar-refractivity contribution in [2.45, 2.75) is 24.9 Å². The van der Waals surface area contributed by atoms with E-state index in [-0.39, 0.29) is 5.56 Å². The maximum Gasteiger partial charge on any atom is 0.430 e. The Morgan fingerprint density at radius 1 is 1.05 bits per heavy atom. The molecule has 0 aliphatic carbocycles. The lowest BCUT2D eigenvalue weighted by atomic mass is 9.90. The molecule has 2 nitrogen and oxygen atoms in total. The standard InChI is InChI=1S/C12H10F6O2/c1-6(2)7-3-4-8(9(19)5-7)10(20,11(13,14)15)12(16,17)18/h3-5,19-20H,1H2,2H3. The summed E-state index contributed by atoms with van der Waals surface area (Å²) in [6.45, 7) is 4.89. The molecule has 0 aromatic heterocycles. The van der Waals surface area contributed by atoms with E-state index in [1.54, 1.807) is 0 Å². The molecule has 0 saturated heterocycles. The molecule has 0 aliphatic rings. The molecule has 0 heterocycles. The van der Waals surface area contributed by atoms with E-state index >= 15 is 0 Å². The highest BCUT2D eigenvalue weighted by molar-refractivity contribution is 5.64. The van der Waals surface area contributed by atoms with Gasteiger partial charge in [-0.05, 0) is 18.6 Å². The Morgan fingerprint density at radius 3 is 1.80 bits per heavy atom. The van der Waals surface area contributed by atoms with Gasteiger partial charge in [0.25, 0.3) is 5.60 Å². The van der Waals surface area contributed by atoms with Gasteiger partial charge in [-0.25, -0.2) is 0 Å². The minimum atomic E-state index is -6.03. The number of halogens is 6. The number of allylic oxidation sites excluding steroid dienone is 1. The molecule has 1 aromatic carbocycles. The van der Waals surface area contributed by atoms with Crippen molar-refractivity contribution in [3.05, 3.63) is 35.9 Å². The lowest BCUT2D eigenvalue weighted by molar-refractivity contribution is -0.376. The van der Waals surface area contributed by atoms with Crippen LogP contribution in [-0.4, -0.2) is 22.6 Å². The van der Waals surface area contributed by atoms with Gasteiger partial charge in [-0.3, -0.25) is 0 Å². The number of phenols is 1. The Hall–Kier alpha value is -1.70. The summed E-state index contributed by atoms with van der Waals surface area (Å²) in [5.74, 6) is -1.32. The zero-order valence-corrected chi connectivity index (χ0v) is 10.1. The number of aromatic hydroxyl groups is 1. The molecule has 0 aliphatic heterocycles. The number of alkyl halides is 6. The molecule has 1 rings (SSSR count). The molecule has 0 atom stereocenters. The second-order valence-corrected chi connectivity index (χ2v) is 4.22. The third-order valence-corrected chi connectivity index (χ3v) is 2.70. The Kier molecular flexibility index (Phi) is 3.84. The Balaban J connectivity index is 3.57. The van der Waals surface area contributed by atoms with Crippen LogP contribution < -0.4 is 0 Å². The topological polar surface area (TPSA) is 40.5 Å². The number of rotatable bonds is 2. The van der Waals surface area contributed by atoms with Crippen LogP contribution in [0.2, 0.25) is 0 Å². The summed E-state index contributed by atoms with van der Waals surface area (Å²) in [6, 6.07) is 1.96. The minimum Gasteiger partial charge on any atom is -0.508 e. The van der Waals surface area contributed by atoms with Crippen LogP contribution >= 0.6 is 0 Å². The van der Waals surface area contributed by atoms with E-state index in [0.717, 1.165) is 6.07 Å². The van der Waals surface area contributed by atoms with Crippen molar-refractivity contribution in [1.82, 2.24) is 0 Å². The SMILES string of the molecule is C=C(C)c1ccc(C(O)(C(F)(F)F)C(F)(F)F)c(O)c1. The predicted octanol–water partition coefficient (Wildman–Crippen LogP) is 3.74. The van der Waals surface area contributed by atoms with Gasteiger partial charge in [-0.2, -0.15) is 26.3 Å². The fourth-order valence-electron chi connectivity index (χ4n) is 1.57. The molecule has 8 heteroatoms. The average molecular weight is 300 g/mol. The Labute approximate surface area is 110 Å². The van der Waals surface area contributed by atoms with Crippen molar-refractivity contribution in [3.63, 3.8) is 0 Å². The molecule has 2 N–H and O–H groups in total. The van der Waals surface area contributed by atoms with Crippen molar-refractivity contribution in [2.24, 2.45) is 0 Å². The van der Waals surface area contributed by atoms with E-state index < -0.39 is 29.3 Å². The lowest BCUT2D eigenvalue weighted by Crippen LogP contribution is -2.53. The first kappa shape index (κ1) is 16.4. The van der Waals surface area contributed by atoms with Gasteiger partial charge in [0.15, 0.2) is 0 Å².